The lowest BCUT2D eigenvalue weighted by Crippen LogP contribution is -2.70. The standard InChI is InChI=1S/C9H16O5S/c1-5-14-8(10)6-7(13-4)9(2,3)15(6,11)12/h6-7H,5H2,1-4H3/t6-,7-/m0/s1. The molecule has 0 aliphatic carbocycles. The van der Waals surface area contributed by atoms with Crippen LogP contribution in [0.5, 0.6) is 0 Å². The van der Waals surface area contributed by atoms with E-state index in [9.17, 15) is 13.2 Å². The number of carbonyl (C=O) groups excluding carboxylic acids is 1. The van der Waals surface area contributed by atoms with Crippen molar-refractivity contribution in [3.8, 4) is 0 Å². The highest BCUT2D eigenvalue weighted by Crippen LogP contribution is 2.42. The van der Waals surface area contributed by atoms with E-state index in [0.717, 1.165) is 0 Å². The van der Waals surface area contributed by atoms with E-state index in [2.05, 4.69) is 0 Å². The molecule has 0 aromatic rings. The number of esters is 1. The largest absolute Gasteiger partial charge is 0.465 e. The zero-order valence-electron chi connectivity index (χ0n) is 9.31. The summed E-state index contributed by atoms with van der Waals surface area (Å²) in [4.78, 5) is 11.4. The molecule has 6 heteroatoms. The van der Waals surface area contributed by atoms with Gasteiger partial charge in [-0.05, 0) is 20.8 Å². The van der Waals surface area contributed by atoms with Gasteiger partial charge in [-0.3, -0.25) is 4.79 Å². The van der Waals surface area contributed by atoms with Crippen LogP contribution in [0.1, 0.15) is 20.8 Å². The Bertz CT molecular complexity index is 357. The molecule has 0 unspecified atom stereocenters. The summed E-state index contributed by atoms with van der Waals surface area (Å²) in [6.07, 6.45) is -0.624. The molecular weight excluding hydrogens is 220 g/mol. The molecule has 0 saturated carbocycles. The summed E-state index contributed by atoms with van der Waals surface area (Å²) >= 11 is 0. The van der Waals surface area contributed by atoms with E-state index in [-0.39, 0.29) is 6.61 Å². The molecule has 0 amide bonds. The summed E-state index contributed by atoms with van der Waals surface area (Å²) in [6.45, 7) is 4.90. The van der Waals surface area contributed by atoms with Gasteiger partial charge in [0.05, 0.1) is 11.4 Å². The first-order valence-electron chi connectivity index (χ1n) is 4.73. The first-order valence-corrected chi connectivity index (χ1v) is 6.28. The smallest absolute Gasteiger partial charge is 0.327 e. The number of hydrogen-bond acceptors (Lipinski definition) is 5. The number of methoxy groups -OCH3 is 1. The molecule has 0 bridgehead atoms. The number of ether oxygens (including phenoxy) is 2. The predicted octanol–water partition coefficient (Wildman–Crippen LogP) is 0.140. The van der Waals surface area contributed by atoms with Crippen LogP contribution in [0, 0.1) is 0 Å². The van der Waals surface area contributed by atoms with Gasteiger partial charge in [0, 0.05) is 7.11 Å². The zero-order chi connectivity index (χ0) is 11.9. The van der Waals surface area contributed by atoms with Crippen LogP contribution < -0.4 is 0 Å². The van der Waals surface area contributed by atoms with Crippen molar-refractivity contribution in [2.75, 3.05) is 13.7 Å². The lowest BCUT2D eigenvalue weighted by Gasteiger charge is -2.47. The molecule has 1 fully saturated rings. The van der Waals surface area contributed by atoms with Crippen LogP contribution in [-0.2, 0) is 24.1 Å². The van der Waals surface area contributed by atoms with Crippen LogP contribution in [0.3, 0.4) is 0 Å². The van der Waals surface area contributed by atoms with Crippen molar-refractivity contribution in [3.05, 3.63) is 0 Å². The van der Waals surface area contributed by atoms with Gasteiger partial charge in [0.1, 0.15) is 6.10 Å². The van der Waals surface area contributed by atoms with Crippen molar-refractivity contribution in [3.63, 3.8) is 0 Å². The fourth-order valence-corrected chi connectivity index (χ4v) is 3.91. The molecular formula is C9H16O5S. The summed E-state index contributed by atoms with van der Waals surface area (Å²) in [5, 5.41) is -1.17. The summed E-state index contributed by atoms with van der Waals surface area (Å²) in [7, 11) is -2.09. The molecule has 1 aliphatic heterocycles. The van der Waals surface area contributed by atoms with Gasteiger partial charge in [0.15, 0.2) is 15.1 Å². The maximum Gasteiger partial charge on any atom is 0.327 e. The quantitative estimate of drug-likeness (QED) is 0.652. The molecule has 1 heterocycles. The first-order chi connectivity index (χ1) is 6.80. The summed E-state index contributed by atoms with van der Waals surface area (Å²) in [6, 6.07) is 0. The van der Waals surface area contributed by atoms with Gasteiger partial charge in [0.25, 0.3) is 0 Å². The molecule has 0 radical (unpaired) electrons. The van der Waals surface area contributed by atoms with E-state index in [0.29, 0.717) is 0 Å². The molecule has 5 nitrogen and oxygen atoms in total. The van der Waals surface area contributed by atoms with Crippen molar-refractivity contribution in [2.45, 2.75) is 36.9 Å². The second-order valence-electron chi connectivity index (χ2n) is 3.98. The molecule has 88 valence electrons. The van der Waals surface area contributed by atoms with E-state index >= 15 is 0 Å². The Morgan fingerprint density at radius 2 is 1.93 bits per heavy atom. The Morgan fingerprint density at radius 3 is 2.33 bits per heavy atom. The molecule has 0 N–H and O–H groups in total. The minimum atomic E-state index is -3.48. The maximum atomic E-state index is 11.8. The molecule has 1 aliphatic rings. The second-order valence-corrected chi connectivity index (χ2v) is 6.63. The molecule has 1 rings (SSSR count). The van der Waals surface area contributed by atoms with Crippen molar-refractivity contribution in [2.24, 2.45) is 0 Å². The monoisotopic (exact) mass is 236 g/mol. The van der Waals surface area contributed by atoms with Crippen molar-refractivity contribution in [1.82, 2.24) is 0 Å². The highest BCUT2D eigenvalue weighted by Gasteiger charge is 2.66. The Hall–Kier alpha value is -0.620. The average Bonchev–Trinajstić information content (AvgIpc) is 2.12. The first kappa shape index (κ1) is 12.4. The van der Waals surface area contributed by atoms with E-state index < -0.39 is 31.9 Å². The third kappa shape index (κ3) is 1.56. The summed E-state index contributed by atoms with van der Waals surface area (Å²) in [5.74, 6) is -0.719. The van der Waals surface area contributed by atoms with Crippen LogP contribution >= 0.6 is 0 Å². The third-order valence-corrected chi connectivity index (χ3v) is 5.61. The Kier molecular flexibility index (Phi) is 3.11. The van der Waals surface area contributed by atoms with Crippen molar-refractivity contribution >= 4 is 15.8 Å². The number of hydrogen-bond donors (Lipinski definition) is 0. The van der Waals surface area contributed by atoms with Gasteiger partial charge in [-0.15, -0.1) is 0 Å². The van der Waals surface area contributed by atoms with Crippen molar-refractivity contribution < 1.29 is 22.7 Å². The molecule has 0 spiro atoms. The Balaban J connectivity index is 2.97. The lowest BCUT2D eigenvalue weighted by molar-refractivity contribution is -0.147. The van der Waals surface area contributed by atoms with Gasteiger partial charge in [-0.25, -0.2) is 8.42 Å². The minimum absolute atomic E-state index is 0.168. The van der Waals surface area contributed by atoms with Crippen LogP contribution in [0.4, 0.5) is 0 Å². The average molecular weight is 236 g/mol. The molecule has 2 atom stereocenters. The number of rotatable bonds is 3. The minimum Gasteiger partial charge on any atom is -0.465 e. The Labute approximate surface area is 89.7 Å². The zero-order valence-corrected chi connectivity index (χ0v) is 10.1. The van der Waals surface area contributed by atoms with Gasteiger partial charge in [0.2, 0.25) is 0 Å². The van der Waals surface area contributed by atoms with E-state index in [4.69, 9.17) is 9.47 Å². The van der Waals surface area contributed by atoms with E-state index in [1.807, 2.05) is 0 Å². The lowest BCUT2D eigenvalue weighted by atomic mass is 10.0. The van der Waals surface area contributed by atoms with Gasteiger partial charge in [-0.2, -0.15) is 0 Å². The van der Waals surface area contributed by atoms with E-state index in [1.165, 1.54) is 7.11 Å². The summed E-state index contributed by atoms with van der Waals surface area (Å²) < 4.78 is 32.3. The van der Waals surface area contributed by atoms with Crippen LogP contribution in [0.15, 0.2) is 0 Å². The van der Waals surface area contributed by atoms with Gasteiger partial charge >= 0.3 is 5.97 Å². The summed E-state index contributed by atoms with van der Waals surface area (Å²) in [5.41, 5.74) is 0. The van der Waals surface area contributed by atoms with Gasteiger partial charge < -0.3 is 9.47 Å². The predicted molar refractivity (Wildman–Crippen MR) is 54.2 cm³/mol. The van der Waals surface area contributed by atoms with Crippen molar-refractivity contribution in [1.29, 1.82) is 0 Å². The van der Waals surface area contributed by atoms with Crippen LogP contribution in [-0.4, -0.2) is 44.2 Å². The number of sulfone groups is 1. The van der Waals surface area contributed by atoms with Gasteiger partial charge in [-0.1, -0.05) is 0 Å². The third-order valence-electron chi connectivity index (χ3n) is 2.80. The fourth-order valence-electron chi connectivity index (χ4n) is 1.83. The second kappa shape index (κ2) is 3.75. The Morgan fingerprint density at radius 1 is 1.40 bits per heavy atom. The van der Waals surface area contributed by atoms with E-state index in [1.54, 1.807) is 20.8 Å². The molecule has 1 saturated heterocycles. The molecule has 15 heavy (non-hydrogen) atoms. The SMILES string of the molecule is CCOC(=O)[C@@H]1[C@H](OC)C(C)(C)S1(=O)=O. The molecule has 0 aromatic carbocycles. The number of carbonyl (C=O) groups is 1. The highest BCUT2D eigenvalue weighted by molar-refractivity contribution is 7.95. The maximum absolute atomic E-state index is 11.8. The van der Waals surface area contributed by atoms with Crippen LogP contribution in [0.2, 0.25) is 0 Å². The normalized spacial score (nSPS) is 31.7. The van der Waals surface area contributed by atoms with Crippen LogP contribution in [0.25, 0.3) is 0 Å². The topological polar surface area (TPSA) is 69.7 Å². The fraction of sp³-hybridized carbons (Fsp3) is 0.889. The highest BCUT2D eigenvalue weighted by atomic mass is 32.2. The molecule has 0 aromatic heterocycles.